The molecule has 4 heteroatoms. The number of nitrogens with zero attached hydrogens (tertiary/aromatic N) is 2. The summed E-state index contributed by atoms with van der Waals surface area (Å²) in [6, 6.07) is 6.04. The SMILES string of the molecule is Cc1ccc(C)c(NC(=O)c2ncnc3c2CCCC3)c1. The van der Waals surface area contributed by atoms with Crippen molar-refractivity contribution in [2.24, 2.45) is 0 Å². The lowest BCUT2D eigenvalue weighted by atomic mass is 9.94. The Kier molecular flexibility index (Phi) is 3.69. The molecule has 1 heterocycles. The van der Waals surface area contributed by atoms with E-state index in [0.717, 1.165) is 53.8 Å². The van der Waals surface area contributed by atoms with Crippen LogP contribution in [0.25, 0.3) is 0 Å². The lowest BCUT2D eigenvalue weighted by molar-refractivity contribution is 0.102. The van der Waals surface area contributed by atoms with Crippen molar-refractivity contribution in [3.8, 4) is 0 Å². The van der Waals surface area contributed by atoms with Crippen LogP contribution in [0.1, 0.15) is 45.7 Å². The number of benzene rings is 1. The highest BCUT2D eigenvalue weighted by Gasteiger charge is 2.20. The van der Waals surface area contributed by atoms with Crippen LogP contribution in [0, 0.1) is 13.8 Å². The van der Waals surface area contributed by atoms with Crippen molar-refractivity contribution < 1.29 is 4.79 Å². The minimum absolute atomic E-state index is 0.135. The summed E-state index contributed by atoms with van der Waals surface area (Å²) in [4.78, 5) is 21.1. The molecule has 0 atom stereocenters. The smallest absolute Gasteiger partial charge is 0.274 e. The van der Waals surface area contributed by atoms with Crippen molar-refractivity contribution >= 4 is 11.6 Å². The number of carbonyl (C=O) groups excluding carboxylic acids is 1. The van der Waals surface area contributed by atoms with Gasteiger partial charge in [-0.3, -0.25) is 4.79 Å². The van der Waals surface area contributed by atoms with Gasteiger partial charge in [-0.1, -0.05) is 12.1 Å². The predicted molar refractivity (Wildman–Crippen MR) is 82.5 cm³/mol. The van der Waals surface area contributed by atoms with Gasteiger partial charge in [-0.25, -0.2) is 9.97 Å². The summed E-state index contributed by atoms with van der Waals surface area (Å²) in [6.45, 7) is 4.01. The van der Waals surface area contributed by atoms with Gasteiger partial charge < -0.3 is 5.32 Å². The van der Waals surface area contributed by atoms with Gasteiger partial charge in [0.2, 0.25) is 0 Å². The highest BCUT2D eigenvalue weighted by Crippen LogP contribution is 2.23. The number of hydrogen-bond donors (Lipinski definition) is 1. The zero-order valence-corrected chi connectivity index (χ0v) is 12.4. The molecular weight excluding hydrogens is 262 g/mol. The van der Waals surface area contributed by atoms with Gasteiger partial charge in [-0.2, -0.15) is 0 Å². The molecule has 0 aliphatic heterocycles. The van der Waals surface area contributed by atoms with Crippen LogP contribution in [0.5, 0.6) is 0 Å². The summed E-state index contributed by atoms with van der Waals surface area (Å²) in [6.07, 6.45) is 5.59. The maximum absolute atomic E-state index is 12.5. The third-order valence-corrected chi connectivity index (χ3v) is 3.98. The fraction of sp³-hybridized carbons (Fsp3) is 0.353. The van der Waals surface area contributed by atoms with Crippen LogP contribution in [0.4, 0.5) is 5.69 Å². The van der Waals surface area contributed by atoms with E-state index in [1.807, 2.05) is 32.0 Å². The molecule has 0 spiro atoms. The van der Waals surface area contributed by atoms with Crippen LogP contribution < -0.4 is 5.32 Å². The van der Waals surface area contributed by atoms with E-state index in [4.69, 9.17) is 0 Å². The molecule has 1 aliphatic rings. The van der Waals surface area contributed by atoms with Crippen LogP contribution >= 0.6 is 0 Å². The van der Waals surface area contributed by atoms with Crippen molar-refractivity contribution in [2.45, 2.75) is 39.5 Å². The van der Waals surface area contributed by atoms with Gasteiger partial charge in [0.25, 0.3) is 5.91 Å². The number of fused-ring (bicyclic) bond motifs is 1. The molecule has 108 valence electrons. The van der Waals surface area contributed by atoms with Gasteiger partial charge >= 0.3 is 0 Å². The monoisotopic (exact) mass is 281 g/mol. The quantitative estimate of drug-likeness (QED) is 0.919. The van der Waals surface area contributed by atoms with Crippen LogP contribution in [0.3, 0.4) is 0 Å². The molecule has 0 saturated heterocycles. The van der Waals surface area contributed by atoms with E-state index >= 15 is 0 Å². The number of amides is 1. The van der Waals surface area contributed by atoms with Gasteiger partial charge in [0, 0.05) is 16.9 Å². The second-order valence-electron chi connectivity index (χ2n) is 5.63. The van der Waals surface area contributed by atoms with Gasteiger partial charge in [-0.05, 0) is 56.7 Å². The Morgan fingerprint density at radius 1 is 1.14 bits per heavy atom. The topological polar surface area (TPSA) is 54.9 Å². The Morgan fingerprint density at radius 3 is 2.81 bits per heavy atom. The molecule has 0 bridgehead atoms. The fourth-order valence-electron chi connectivity index (χ4n) is 2.77. The lowest BCUT2D eigenvalue weighted by Gasteiger charge is -2.17. The Balaban J connectivity index is 1.91. The van der Waals surface area contributed by atoms with Gasteiger partial charge in [0.15, 0.2) is 0 Å². The van der Waals surface area contributed by atoms with Crippen molar-refractivity contribution in [1.82, 2.24) is 9.97 Å². The largest absolute Gasteiger partial charge is 0.320 e. The number of rotatable bonds is 2. The zero-order chi connectivity index (χ0) is 14.8. The molecule has 0 unspecified atom stereocenters. The minimum Gasteiger partial charge on any atom is -0.320 e. The lowest BCUT2D eigenvalue weighted by Crippen LogP contribution is -2.20. The second-order valence-corrected chi connectivity index (χ2v) is 5.63. The molecule has 0 saturated carbocycles. The van der Waals surface area contributed by atoms with E-state index in [9.17, 15) is 4.79 Å². The highest BCUT2D eigenvalue weighted by molar-refractivity contribution is 6.04. The number of hydrogen-bond acceptors (Lipinski definition) is 3. The number of carbonyl (C=O) groups is 1. The fourth-order valence-corrected chi connectivity index (χ4v) is 2.77. The van der Waals surface area contributed by atoms with E-state index in [1.165, 1.54) is 6.33 Å². The number of aromatic nitrogens is 2. The molecule has 2 aromatic rings. The summed E-state index contributed by atoms with van der Waals surface area (Å²) in [5.74, 6) is -0.135. The van der Waals surface area contributed by atoms with Crippen LogP contribution in [-0.4, -0.2) is 15.9 Å². The first-order valence-corrected chi connectivity index (χ1v) is 7.36. The Bertz CT molecular complexity index is 694. The van der Waals surface area contributed by atoms with E-state index < -0.39 is 0 Å². The standard InChI is InChI=1S/C17H19N3O/c1-11-7-8-12(2)15(9-11)20-17(21)16-13-5-3-4-6-14(13)18-10-19-16/h7-10H,3-6H2,1-2H3,(H,20,21). The van der Waals surface area contributed by atoms with Crippen LogP contribution in [0.15, 0.2) is 24.5 Å². The first kappa shape index (κ1) is 13.7. The van der Waals surface area contributed by atoms with E-state index in [1.54, 1.807) is 0 Å². The predicted octanol–water partition coefficient (Wildman–Crippen LogP) is 3.22. The molecule has 1 N–H and O–H groups in total. The summed E-state index contributed by atoms with van der Waals surface area (Å²) in [5.41, 5.74) is 5.61. The van der Waals surface area contributed by atoms with Gasteiger partial charge in [0.1, 0.15) is 12.0 Å². The van der Waals surface area contributed by atoms with Crippen LogP contribution in [-0.2, 0) is 12.8 Å². The number of nitrogens with one attached hydrogen (secondary N) is 1. The van der Waals surface area contributed by atoms with Crippen molar-refractivity contribution in [1.29, 1.82) is 0 Å². The molecule has 1 aliphatic carbocycles. The Hall–Kier alpha value is -2.23. The van der Waals surface area contributed by atoms with Crippen molar-refractivity contribution in [2.75, 3.05) is 5.32 Å². The average molecular weight is 281 g/mol. The third-order valence-electron chi connectivity index (χ3n) is 3.98. The molecule has 1 aromatic carbocycles. The Morgan fingerprint density at radius 2 is 1.95 bits per heavy atom. The third kappa shape index (κ3) is 2.79. The Labute approximate surface area is 124 Å². The molecule has 1 aromatic heterocycles. The maximum atomic E-state index is 12.5. The average Bonchev–Trinajstić information content (AvgIpc) is 2.50. The van der Waals surface area contributed by atoms with E-state index in [0.29, 0.717) is 5.69 Å². The van der Waals surface area contributed by atoms with Crippen LogP contribution in [0.2, 0.25) is 0 Å². The first-order valence-electron chi connectivity index (χ1n) is 7.36. The maximum Gasteiger partial charge on any atom is 0.274 e. The van der Waals surface area contributed by atoms with E-state index in [2.05, 4.69) is 15.3 Å². The van der Waals surface area contributed by atoms with E-state index in [-0.39, 0.29) is 5.91 Å². The van der Waals surface area contributed by atoms with Crippen molar-refractivity contribution in [3.05, 3.63) is 52.6 Å². The second kappa shape index (κ2) is 5.64. The molecule has 4 nitrogen and oxygen atoms in total. The van der Waals surface area contributed by atoms with Gasteiger partial charge in [0.05, 0.1) is 0 Å². The summed E-state index contributed by atoms with van der Waals surface area (Å²) in [7, 11) is 0. The molecule has 0 fully saturated rings. The molecular formula is C17H19N3O. The zero-order valence-electron chi connectivity index (χ0n) is 12.4. The molecule has 21 heavy (non-hydrogen) atoms. The molecule has 3 rings (SSSR count). The molecule has 0 radical (unpaired) electrons. The highest BCUT2D eigenvalue weighted by atomic mass is 16.1. The first-order chi connectivity index (χ1) is 10.1. The van der Waals surface area contributed by atoms with Gasteiger partial charge in [-0.15, -0.1) is 0 Å². The normalized spacial score (nSPS) is 13.6. The number of aryl methyl sites for hydroxylation is 3. The van der Waals surface area contributed by atoms with Crippen molar-refractivity contribution in [3.63, 3.8) is 0 Å². The minimum atomic E-state index is -0.135. The summed E-state index contributed by atoms with van der Waals surface area (Å²) < 4.78 is 0. The summed E-state index contributed by atoms with van der Waals surface area (Å²) >= 11 is 0. The molecule has 1 amide bonds. The number of anilines is 1. The summed E-state index contributed by atoms with van der Waals surface area (Å²) in [5, 5.41) is 2.99.